The second kappa shape index (κ2) is 7.30. The summed E-state index contributed by atoms with van der Waals surface area (Å²) in [5.41, 5.74) is -3.55. The number of hydrogen-bond acceptors (Lipinski definition) is 4. The van der Waals surface area contributed by atoms with Crippen LogP contribution in [-0.4, -0.2) is 27.4 Å². The highest BCUT2D eigenvalue weighted by molar-refractivity contribution is 7.90. The predicted octanol–water partition coefficient (Wildman–Crippen LogP) is 2.77. The molecule has 0 radical (unpaired) electrons. The van der Waals surface area contributed by atoms with Crippen LogP contribution < -0.4 is 10.0 Å². The zero-order valence-corrected chi connectivity index (χ0v) is 14.7. The third kappa shape index (κ3) is 5.12. The molecule has 1 saturated heterocycles. The fraction of sp³-hybridized carbons (Fsp3) is 0.533. The first-order valence-electron chi connectivity index (χ1n) is 7.78. The lowest BCUT2D eigenvalue weighted by molar-refractivity contribution is -0.143. The fourth-order valence-electron chi connectivity index (χ4n) is 2.75. The summed E-state index contributed by atoms with van der Waals surface area (Å²) in [6.45, 7) is 2.54. The third-order valence-corrected chi connectivity index (χ3v) is 5.55. The molecule has 5 nitrogen and oxygen atoms in total. The van der Waals surface area contributed by atoms with Crippen LogP contribution in [0.1, 0.15) is 24.5 Å². The number of hydrogen-bond donors (Lipinski definition) is 2. The van der Waals surface area contributed by atoms with Gasteiger partial charge in [-0.2, -0.15) is 26.3 Å². The zero-order chi connectivity index (χ0) is 20.6. The van der Waals surface area contributed by atoms with E-state index in [1.807, 2.05) is 0 Å². The molecule has 1 aliphatic rings. The largest absolute Gasteiger partial charge is 0.416 e. The quantitative estimate of drug-likeness (QED) is 0.741. The van der Waals surface area contributed by atoms with Crippen molar-refractivity contribution in [1.29, 1.82) is 0 Å². The van der Waals surface area contributed by atoms with Gasteiger partial charge < -0.3 is 5.32 Å². The van der Waals surface area contributed by atoms with Crippen LogP contribution in [0, 0.1) is 11.8 Å². The Bertz CT molecular complexity index is 788. The summed E-state index contributed by atoms with van der Waals surface area (Å²) in [5, 5.41) is 2.98. The van der Waals surface area contributed by atoms with Gasteiger partial charge in [0.05, 0.1) is 16.0 Å². The first kappa shape index (κ1) is 21.5. The van der Waals surface area contributed by atoms with Crippen molar-refractivity contribution in [2.45, 2.75) is 30.6 Å². The second-order valence-electron chi connectivity index (χ2n) is 6.29. The lowest BCUT2D eigenvalue weighted by Crippen LogP contribution is -2.45. The molecule has 0 unspecified atom stereocenters. The van der Waals surface area contributed by atoms with Crippen LogP contribution in [0.4, 0.5) is 26.3 Å². The van der Waals surface area contributed by atoms with Crippen molar-refractivity contribution in [2.75, 3.05) is 13.1 Å². The maximum Gasteiger partial charge on any atom is 0.416 e. The predicted molar refractivity (Wildman–Crippen MR) is 81.9 cm³/mol. The van der Waals surface area contributed by atoms with Gasteiger partial charge in [0, 0.05) is 5.92 Å². The Morgan fingerprint density at radius 1 is 1.07 bits per heavy atom. The number of benzene rings is 1. The molecule has 1 heterocycles. The number of carbonyl (C=O) groups excluding carboxylic acids is 1. The number of amides is 1. The summed E-state index contributed by atoms with van der Waals surface area (Å²) in [7, 11) is -4.92. The summed E-state index contributed by atoms with van der Waals surface area (Å²) in [6, 6.07) is -0.0524. The van der Waals surface area contributed by atoms with Crippen LogP contribution in [0.25, 0.3) is 0 Å². The Hall–Kier alpha value is -1.82. The van der Waals surface area contributed by atoms with Gasteiger partial charge in [-0.05, 0) is 43.6 Å². The van der Waals surface area contributed by atoms with Gasteiger partial charge in [0.15, 0.2) is 0 Å². The SMILES string of the molecule is C[C@@H]1CNCC[C@H]1C(=O)NS(=O)(=O)c1cc(C(F)(F)F)cc(C(F)(F)F)c1. The van der Waals surface area contributed by atoms with Crippen LogP contribution in [0.2, 0.25) is 0 Å². The van der Waals surface area contributed by atoms with E-state index in [0.717, 1.165) is 0 Å². The number of carbonyl (C=O) groups is 1. The van der Waals surface area contributed by atoms with Crippen LogP contribution in [0.5, 0.6) is 0 Å². The Labute approximate surface area is 151 Å². The Morgan fingerprint density at radius 3 is 2.04 bits per heavy atom. The number of rotatable bonds is 3. The zero-order valence-electron chi connectivity index (χ0n) is 13.9. The van der Waals surface area contributed by atoms with Gasteiger partial charge in [-0.1, -0.05) is 6.92 Å². The van der Waals surface area contributed by atoms with E-state index in [1.54, 1.807) is 11.6 Å². The molecule has 2 rings (SSSR count). The number of nitrogens with one attached hydrogen (secondary N) is 2. The third-order valence-electron chi connectivity index (χ3n) is 4.23. The van der Waals surface area contributed by atoms with Gasteiger partial charge >= 0.3 is 12.4 Å². The maximum absolute atomic E-state index is 12.9. The summed E-state index contributed by atoms with van der Waals surface area (Å²) in [6.07, 6.45) is -10.1. The van der Waals surface area contributed by atoms with Crippen LogP contribution in [0.15, 0.2) is 23.1 Å². The van der Waals surface area contributed by atoms with Gasteiger partial charge in [-0.25, -0.2) is 13.1 Å². The van der Waals surface area contributed by atoms with Crippen LogP contribution in [0.3, 0.4) is 0 Å². The van der Waals surface area contributed by atoms with E-state index in [1.165, 1.54) is 0 Å². The summed E-state index contributed by atoms with van der Waals surface area (Å²) < 4.78 is 103. The fourth-order valence-corrected chi connectivity index (χ4v) is 3.85. The minimum absolute atomic E-state index is 0.0662. The molecular weight excluding hydrogens is 402 g/mol. The molecular formula is C15H16F6N2O3S. The van der Waals surface area contributed by atoms with Gasteiger partial charge in [-0.15, -0.1) is 0 Å². The van der Waals surface area contributed by atoms with Gasteiger partial charge in [0.1, 0.15) is 0 Å². The average Bonchev–Trinajstić information content (AvgIpc) is 2.52. The molecule has 0 aromatic heterocycles. The van der Waals surface area contributed by atoms with Crippen LogP contribution in [-0.2, 0) is 27.2 Å². The molecule has 1 amide bonds. The minimum atomic E-state index is -5.20. The van der Waals surface area contributed by atoms with Crippen LogP contribution >= 0.6 is 0 Å². The lowest BCUT2D eigenvalue weighted by atomic mass is 9.87. The lowest BCUT2D eigenvalue weighted by Gasteiger charge is -2.28. The molecule has 0 saturated carbocycles. The van der Waals surface area contributed by atoms with E-state index >= 15 is 0 Å². The molecule has 1 aromatic rings. The Kier molecular flexibility index (Phi) is 5.81. The smallest absolute Gasteiger partial charge is 0.316 e. The second-order valence-corrected chi connectivity index (χ2v) is 7.97. The number of halogens is 6. The van der Waals surface area contributed by atoms with Crippen molar-refractivity contribution >= 4 is 15.9 Å². The monoisotopic (exact) mass is 418 g/mol. The average molecular weight is 418 g/mol. The molecule has 0 aliphatic carbocycles. The van der Waals surface area contributed by atoms with Crippen molar-refractivity contribution in [3.05, 3.63) is 29.3 Å². The van der Waals surface area contributed by atoms with Crippen molar-refractivity contribution in [2.24, 2.45) is 11.8 Å². The van der Waals surface area contributed by atoms with Crippen molar-refractivity contribution < 1.29 is 39.6 Å². The molecule has 1 fully saturated rings. The van der Waals surface area contributed by atoms with E-state index in [0.29, 0.717) is 19.5 Å². The van der Waals surface area contributed by atoms with E-state index < -0.39 is 50.2 Å². The highest BCUT2D eigenvalue weighted by Crippen LogP contribution is 2.37. The molecule has 2 atom stereocenters. The minimum Gasteiger partial charge on any atom is -0.316 e. The molecule has 2 N–H and O–H groups in total. The topological polar surface area (TPSA) is 75.3 Å². The van der Waals surface area contributed by atoms with Crippen molar-refractivity contribution in [1.82, 2.24) is 10.0 Å². The highest BCUT2D eigenvalue weighted by atomic mass is 32.2. The number of alkyl halides is 6. The van der Waals surface area contributed by atoms with Gasteiger partial charge in [0.2, 0.25) is 5.91 Å². The number of sulfonamides is 1. The number of piperidine rings is 1. The standard InChI is InChI=1S/C15H16F6N2O3S/c1-8-7-22-3-2-12(8)13(24)23-27(25,26)11-5-9(14(16,17)18)4-10(6-11)15(19,20)21/h4-6,8,12,22H,2-3,7H2,1H3,(H,23,24)/t8-,12-/m1/s1. The highest BCUT2D eigenvalue weighted by Gasteiger charge is 2.39. The summed E-state index contributed by atoms with van der Waals surface area (Å²) in [4.78, 5) is 10.9. The van der Waals surface area contributed by atoms with Gasteiger partial charge in [0.25, 0.3) is 10.0 Å². The molecule has 152 valence electrons. The van der Waals surface area contributed by atoms with Gasteiger partial charge in [-0.3, -0.25) is 4.79 Å². The maximum atomic E-state index is 12.9. The van der Waals surface area contributed by atoms with E-state index in [4.69, 9.17) is 0 Å². The van der Waals surface area contributed by atoms with Crippen molar-refractivity contribution in [3.63, 3.8) is 0 Å². The van der Waals surface area contributed by atoms with E-state index in [2.05, 4.69) is 5.32 Å². The van der Waals surface area contributed by atoms with Crippen molar-refractivity contribution in [3.8, 4) is 0 Å². The molecule has 1 aliphatic heterocycles. The Morgan fingerprint density at radius 2 is 1.59 bits per heavy atom. The molecule has 27 heavy (non-hydrogen) atoms. The molecule has 0 bridgehead atoms. The molecule has 12 heteroatoms. The van der Waals surface area contributed by atoms with E-state index in [9.17, 15) is 39.6 Å². The van der Waals surface area contributed by atoms with E-state index in [-0.39, 0.29) is 24.1 Å². The molecule has 1 aromatic carbocycles. The first-order valence-corrected chi connectivity index (χ1v) is 9.27. The summed E-state index contributed by atoms with van der Waals surface area (Å²) >= 11 is 0. The normalized spacial score (nSPS) is 21.7. The Balaban J connectivity index is 2.41. The first-order chi connectivity index (χ1) is 12.2. The molecule has 0 spiro atoms. The summed E-state index contributed by atoms with van der Waals surface area (Å²) in [5.74, 6) is -1.94.